The summed E-state index contributed by atoms with van der Waals surface area (Å²) in [7, 11) is 5.18. The van der Waals surface area contributed by atoms with Crippen molar-refractivity contribution >= 4 is 29.1 Å². The zero-order valence-electron chi connectivity index (χ0n) is 17.6. The summed E-state index contributed by atoms with van der Waals surface area (Å²) in [6.45, 7) is 4.39. The van der Waals surface area contributed by atoms with Gasteiger partial charge >= 0.3 is 0 Å². The Morgan fingerprint density at radius 1 is 1.21 bits per heavy atom. The molecule has 2 aromatic carbocycles. The third-order valence-corrected chi connectivity index (χ3v) is 5.15. The minimum absolute atomic E-state index is 0.00911. The molecule has 0 spiro atoms. The number of carbonyl (C=O) groups is 2. The summed E-state index contributed by atoms with van der Waals surface area (Å²) in [4.78, 5) is 27.5. The molecule has 156 valence electrons. The fourth-order valence-electron chi connectivity index (χ4n) is 3.01. The summed E-state index contributed by atoms with van der Waals surface area (Å²) in [6.07, 6.45) is 0. The molecule has 0 saturated heterocycles. The molecule has 2 rings (SSSR count). The van der Waals surface area contributed by atoms with Gasteiger partial charge in [-0.15, -0.1) is 0 Å². The van der Waals surface area contributed by atoms with Gasteiger partial charge in [0.05, 0.1) is 20.7 Å². The molecule has 2 N–H and O–H groups in total. The number of amides is 2. The average molecular weight is 419 g/mol. The molecule has 29 heavy (non-hydrogen) atoms. The number of carbonyl (C=O) groups excluding carboxylic acids is 2. The summed E-state index contributed by atoms with van der Waals surface area (Å²) in [6, 6.07) is 12.6. The number of anilines is 1. The van der Waals surface area contributed by atoms with Crippen molar-refractivity contribution in [2.24, 2.45) is 0 Å². The van der Waals surface area contributed by atoms with Gasteiger partial charge < -0.3 is 19.9 Å². The maximum atomic E-state index is 12.8. The second-order valence-electron chi connectivity index (χ2n) is 7.31. The number of hydrogen-bond acceptors (Lipinski definition) is 3. The van der Waals surface area contributed by atoms with Crippen molar-refractivity contribution in [3.63, 3.8) is 0 Å². The van der Waals surface area contributed by atoms with Crippen LogP contribution in [0, 0.1) is 6.92 Å². The molecule has 0 saturated carbocycles. The smallest absolute Gasteiger partial charge is 0.280 e. The summed E-state index contributed by atoms with van der Waals surface area (Å²) < 4.78 is 5.39. The second kappa shape index (κ2) is 10.3. The van der Waals surface area contributed by atoms with E-state index in [0.29, 0.717) is 17.3 Å². The number of methoxy groups -OCH3 is 1. The Labute approximate surface area is 177 Å². The van der Waals surface area contributed by atoms with E-state index in [1.165, 1.54) is 4.90 Å². The molecule has 0 radical (unpaired) electrons. The number of aryl methyl sites for hydroxylation is 1. The average Bonchev–Trinajstić information content (AvgIpc) is 2.68. The number of nitrogens with one attached hydrogen (secondary N) is 2. The monoisotopic (exact) mass is 418 g/mol. The molecule has 0 fully saturated rings. The first-order chi connectivity index (χ1) is 13.7. The number of benzene rings is 2. The van der Waals surface area contributed by atoms with E-state index in [1.54, 1.807) is 20.2 Å². The van der Waals surface area contributed by atoms with Crippen molar-refractivity contribution in [1.29, 1.82) is 0 Å². The molecule has 0 aromatic heterocycles. The lowest BCUT2D eigenvalue weighted by Gasteiger charge is -2.26. The summed E-state index contributed by atoms with van der Waals surface area (Å²) in [5.41, 5.74) is 2.76. The van der Waals surface area contributed by atoms with Crippen LogP contribution in [0.1, 0.15) is 18.1 Å². The van der Waals surface area contributed by atoms with Gasteiger partial charge in [-0.05, 0) is 44.2 Å². The lowest BCUT2D eigenvalue weighted by atomic mass is 10.1. The van der Waals surface area contributed by atoms with E-state index in [2.05, 4.69) is 5.32 Å². The molecular formula is C22H29ClN3O3+. The minimum atomic E-state index is -0.337. The number of likely N-dealkylation sites (N-methyl/N-ethyl adjacent to an activating group) is 2. The Morgan fingerprint density at radius 2 is 1.86 bits per heavy atom. The van der Waals surface area contributed by atoms with Gasteiger partial charge in [0.1, 0.15) is 12.3 Å². The fourth-order valence-corrected chi connectivity index (χ4v) is 3.21. The number of ether oxygens (including phenoxy) is 1. The number of nitrogens with zero attached hydrogens (tertiary/aromatic N) is 1. The first-order valence-electron chi connectivity index (χ1n) is 9.47. The van der Waals surface area contributed by atoms with E-state index in [-0.39, 0.29) is 24.4 Å². The van der Waals surface area contributed by atoms with E-state index in [4.69, 9.17) is 16.3 Å². The van der Waals surface area contributed by atoms with Crippen LogP contribution in [0.25, 0.3) is 0 Å². The fraction of sp³-hybridized carbons (Fsp3) is 0.364. The van der Waals surface area contributed by atoms with Crippen LogP contribution < -0.4 is 15.0 Å². The van der Waals surface area contributed by atoms with Gasteiger partial charge in [-0.2, -0.15) is 0 Å². The topological polar surface area (TPSA) is 63.1 Å². The first kappa shape index (κ1) is 22.7. The largest absolute Gasteiger partial charge is 0.496 e. The number of hydrogen-bond donors (Lipinski definition) is 2. The predicted molar refractivity (Wildman–Crippen MR) is 116 cm³/mol. The standard InChI is InChI=1S/C22H28ClN3O3/c1-15-6-9-19(10-7-15)24-21(27)14-26(4)22(28)16(2)25(3)13-17-12-18(23)8-11-20(17)29-5/h6-12,16H,13-14H2,1-5H3,(H,24,27)/p+1/t16-/m1/s1. The number of rotatable bonds is 8. The zero-order chi connectivity index (χ0) is 21.6. The Hall–Kier alpha value is -2.57. The molecule has 1 unspecified atom stereocenters. The highest BCUT2D eigenvalue weighted by Gasteiger charge is 2.27. The van der Waals surface area contributed by atoms with E-state index in [9.17, 15) is 9.59 Å². The van der Waals surface area contributed by atoms with Crippen molar-refractivity contribution in [2.45, 2.75) is 26.4 Å². The van der Waals surface area contributed by atoms with Crippen LogP contribution in [-0.2, 0) is 16.1 Å². The normalized spacial score (nSPS) is 12.8. The maximum Gasteiger partial charge on any atom is 0.280 e. The van der Waals surface area contributed by atoms with Crippen molar-refractivity contribution in [3.05, 3.63) is 58.6 Å². The molecule has 0 aliphatic rings. The van der Waals surface area contributed by atoms with Gasteiger partial charge in [0.25, 0.3) is 5.91 Å². The van der Waals surface area contributed by atoms with E-state index < -0.39 is 0 Å². The highest BCUT2D eigenvalue weighted by molar-refractivity contribution is 6.30. The van der Waals surface area contributed by atoms with Crippen molar-refractivity contribution < 1.29 is 19.2 Å². The van der Waals surface area contributed by atoms with Crippen molar-refractivity contribution in [3.8, 4) is 5.75 Å². The molecule has 6 nitrogen and oxygen atoms in total. The van der Waals surface area contributed by atoms with E-state index >= 15 is 0 Å². The third kappa shape index (κ3) is 6.48. The lowest BCUT2D eigenvalue weighted by molar-refractivity contribution is -0.908. The SMILES string of the molecule is COc1ccc(Cl)cc1C[NH+](C)[C@H](C)C(=O)N(C)CC(=O)Nc1ccc(C)cc1. The number of halogens is 1. The molecule has 2 aromatic rings. The molecule has 7 heteroatoms. The van der Waals surface area contributed by atoms with Crippen LogP contribution in [0.2, 0.25) is 5.02 Å². The Kier molecular flexibility index (Phi) is 8.05. The zero-order valence-corrected chi connectivity index (χ0v) is 18.3. The lowest BCUT2D eigenvalue weighted by Crippen LogP contribution is -3.12. The summed E-state index contributed by atoms with van der Waals surface area (Å²) in [5.74, 6) is 0.396. The van der Waals surface area contributed by atoms with Gasteiger partial charge in [-0.25, -0.2) is 0 Å². The Morgan fingerprint density at radius 3 is 2.48 bits per heavy atom. The van der Waals surface area contributed by atoms with Gasteiger partial charge in [0.15, 0.2) is 6.04 Å². The molecule has 0 aliphatic heterocycles. The first-order valence-corrected chi connectivity index (χ1v) is 9.85. The van der Waals surface area contributed by atoms with Crippen LogP contribution in [-0.4, -0.2) is 50.5 Å². The van der Waals surface area contributed by atoms with Gasteiger partial charge in [-0.1, -0.05) is 29.3 Å². The van der Waals surface area contributed by atoms with Crippen LogP contribution in [0.4, 0.5) is 5.69 Å². The summed E-state index contributed by atoms with van der Waals surface area (Å²) in [5, 5.41) is 3.44. The third-order valence-electron chi connectivity index (χ3n) is 4.91. The van der Waals surface area contributed by atoms with Crippen molar-refractivity contribution in [1.82, 2.24) is 4.90 Å². The second-order valence-corrected chi connectivity index (χ2v) is 7.75. The maximum absolute atomic E-state index is 12.8. The van der Waals surface area contributed by atoms with Crippen LogP contribution in [0.5, 0.6) is 5.75 Å². The Bertz CT molecular complexity index is 855. The van der Waals surface area contributed by atoms with Gasteiger partial charge in [0.2, 0.25) is 5.91 Å². The highest BCUT2D eigenvalue weighted by atomic mass is 35.5. The van der Waals surface area contributed by atoms with E-state index in [1.807, 2.05) is 57.3 Å². The van der Waals surface area contributed by atoms with Crippen LogP contribution in [0.15, 0.2) is 42.5 Å². The molecule has 0 heterocycles. The van der Waals surface area contributed by atoms with Crippen LogP contribution in [0.3, 0.4) is 0 Å². The molecule has 0 bridgehead atoms. The van der Waals surface area contributed by atoms with Gasteiger partial charge in [-0.3, -0.25) is 9.59 Å². The summed E-state index contributed by atoms with van der Waals surface area (Å²) >= 11 is 6.10. The number of quaternary nitrogens is 1. The quantitative estimate of drug-likeness (QED) is 0.690. The molecule has 0 aliphatic carbocycles. The van der Waals surface area contributed by atoms with E-state index in [0.717, 1.165) is 21.8 Å². The van der Waals surface area contributed by atoms with Crippen molar-refractivity contribution in [2.75, 3.05) is 33.1 Å². The minimum Gasteiger partial charge on any atom is -0.496 e. The highest BCUT2D eigenvalue weighted by Crippen LogP contribution is 2.21. The van der Waals surface area contributed by atoms with Crippen LogP contribution >= 0.6 is 11.6 Å². The molecular weight excluding hydrogens is 390 g/mol. The predicted octanol–water partition coefficient (Wildman–Crippen LogP) is 2.16. The molecule has 2 atom stereocenters. The van der Waals surface area contributed by atoms with Gasteiger partial charge in [0, 0.05) is 23.3 Å². The Balaban J connectivity index is 1.94. The molecule has 2 amide bonds.